The summed E-state index contributed by atoms with van der Waals surface area (Å²) in [5.41, 5.74) is 0. The zero-order valence-corrected chi connectivity index (χ0v) is 12.6. The minimum atomic E-state index is -5.98. The van der Waals surface area contributed by atoms with Gasteiger partial charge in [0.1, 0.15) is 6.29 Å². The lowest BCUT2D eigenvalue weighted by atomic mass is 10.7. The predicted molar refractivity (Wildman–Crippen MR) is 58.9 cm³/mol. The standard InChI is InChI=1S/2C2H2F4O3S.C2H6O2/c2*3-1(4)2(5,6)10(7,8)9;1-2(3)4/h2*1H,(H,7,8,9);2-4H,1H3. The van der Waals surface area contributed by atoms with Crippen molar-refractivity contribution in [1.29, 1.82) is 0 Å². The Morgan fingerprint density at radius 3 is 0.833 bits per heavy atom. The summed E-state index contributed by atoms with van der Waals surface area (Å²) in [6, 6.07) is 0. The number of hydrogen-bond donors (Lipinski definition) is 4. The van der Waals surface area contributed by atoms with Crippen molar-refractivity contribution >= 4 is 20.2 Å². The fourth-order valence-electron chi connectivity index (χ4n) is 0.225. The minimum absolute atomic E-state index is 1.17. The molecular weight excluding hydrogens is 416 g/mol. The maximum absolute atomic E-state index is 11.5. The van der Waals surface area contributed by atoms with Gasteiger partial charge in [0.05, 0.1) is 0 Å². The summed E-state index contributed by atoms with van der Waals surface area (Å²) in [6.45, 7) is 1.28. The molecule has 0 aromatic rings. The highest BCUT2D eigenvalue weighted by Crippen LogP contribution is 2.28. The molecule has 8 nitrogen and oxygen atoms in total. The lowest BCUT2D eigenvalue weighted by Crippen LogP contribution is -2.35. The summed E-state index contributed by atoms with van der Waals surface area (Å²) >= 11 is 0. The fraction of sp³-hybridized carbons (Fsp3) is 1.00. The summed E-state index contributed by atoms with van der Waals surface area (Å²) in [6.07, 6.45) is -10.00. The second-order valence-corrected chi connectivity index (χ2v) is 6.30. The van der Waals surface area contributed by atoms with E-state index in [1.165, 1.54) is 6.92 Å². The molecule has 0 aliphatic heterocycles. The van der Waals surface area contributed by atoms with Gasteiger partial charge in [-0.05, 0) is 6.92 Å². The fourth-order valence-corrected chi connectivity index (χ4v) is 0.675. The summed E-state index contributed by atoms with van der Waals surface area (Å²) in [7, 11) is -12.0. The van der Waals surface area contributed by atoms with E-state index in [9.17, 15) is 52.0 Å². The average molecular weight is 426 g/mol. The van der Waals surface area contributed by atoms with E-state index in [0.717, 1.165) is 0 Å². The van der Waals surface area contributed by atoms with Gasteiger partial charge in [-0.1, -0.05) is 0 Å². The first kappa shape index (κ1) is 28.0. The quantitative estimate of drug-likeness (QED) is 0.293. The van der Waals surface area contributed by atoms with Crippen molar-refractivity contribution in [3.05, 3.63) is 0 Å². The van der Waals surface area contributed by atoms with Gasteiger partial charge in [0, 0.05) is 0 Å². The molecule has 0 unspecified atom stereocenters. The lowest BCUT2D eigenvalue weighted by Gasteiger charge is -2.09. The van der Waals surface area contributed by atoms with Gasteiger partial charge >= 0.3 is 43.6 Å². The zero-order chi connectivity index (χ0) is 20.7. The third-order valence-corrected chi connectivity index (χ3v) is 2.93. The molecule has 0 bridgehead atoms. The maximum atomic E-state index is 11.5. The number of alkyl halides is 8. The smallest absolute Gasteiger partial charge is 0.368 e. The van der Waals surface area contributed by atoms with Gasteiger partial charge in [0.15, 0.2) is 0 Å². The molecule has 0 spiro atoms. The van der Waals surface area contributed by atoms with Crippen LogP contribution in [0.5, 0.6) is 0 Å². The molecule has 0 aromatic heterocycles. The summed E-state index contributed by atoms with van der Waals surface area (Å²) < 4.78 is 143. The van der Waals surface area contributed by atoms with Crippen molar-refractivity contribution in [2.45, 2.75) is 36.6 Å². The van der Waals surface area contributed by atoms with E-state index in [0.29, 0.717) is 0 Å². The van der Waals surface area contributed by atoms with Crippen LogP contribution in [0.15, 0.2) is 0 Å². The first-order valence-electron chi connectivity index (χ1n) is 4.74. The SMILES string of the molecule is CC(O)O.O=S(=O)(O)C(F)(F)C(F)F.O=S(=O)(O)C(F)(F)C(F)F. The predicted octanol–water partition coefficient (Wildman–Crippen LogP) is 0.781. The second-order valence-electron chi connectivity index (χ2n) is 3.31. The van der Waals surface area contributed by atoms with Crippen molar-refractivity contribution in [3.8, 4) is 0 Å². The maximum Gasteiger partial charge on any atom is 0.428 e. The largest absolute Gasteiger partial charge is 0.428 e. The Morgan fingerprint density at radius 1 is 0.708 bits per heavy atom. The van der Waals surface area contributed by atoms with Crippen LogP contribution in [0.4, 0.5) is 35.1 Å². The van der Waals surface area contributed by atoms with Crippen LogP contribution in [-0.4, -0.2) is 65.8 Å². The van der Waals surface area contributed by atoms with Crippen LogP contribution >= 0.6 is 0 Å². The van der Waals surface area contributed by atoms with Crippen LogP contribution in [0.1, 0.15) is 6.92 Å². The van der Waals surface area contributed by atoms with Crippen LogP contribution in [0, 0.1) is 0 Å². The molecule has 0 aliphatic rings. The van der Waals surface area contributed by atoms with Gasteiger partial charge < -0.3 is 10.2 Å². The molecule has 0 fully saturated rings. The van der Waals surface area contributed by atoms with Gasteiger partial charge in [-0.2, -0.15) is 34.4 Å². The van der Waals surface area contributed by atoms with Crippen molar-refractivity contribution in [2.24, 2.45) is 0 Å². The number of aliphatic hydroxyl groups is 2. The van der Waals surface area contributed by atoms with Crippen molar-refractivity contribution in [2.75, 3.05) is 0 Å². The van der Waals surface area contributed by atoms with Crippen LogP contribution in [0.25, 0.3) is 0 Å². The Hall–Kier alpha value is -0.820. The van der Waals surface area contributed by atoms with E-state index in [2.05, 4.69) is 0 Å². The molecule has 24 heavy (non-hydrogen) atoms. The molecule has 0 radical (unpaired) electrons. The third kappa shape index (κ3) is 10.1. The highest BCUT2D eigenvalue weighted by molar-refractivity contribution is 7.87. The molecule has 0 aliphatic carbocycles. The molecule has 4 N–H and O–H groups in total. The van der Waals surface area contributed by atoms with E-state index in [1.807, 2.05) is 0 Å². The summed E-state index contributed by atoms with van der Waals surface area (Å²) in [4.78, 5) is 0. The molecule has 0 atom stereocenters. The number of hydrogen-bond acceptors (Lipinski definition) is 6. The van der Waals surface area contributed by atoms with Gasteiger partial charge in [0.2, 0.25) is 0 Å². The summed E-state index contributed by atoms with van der Waals surface area (Å²) in [5, 5.41) is 4.49. The van der Waals surface area contributed by atoms with Crippen molar-refractivity contribution < 1.29 is 71.3 Å². The first-order valence-corrected chi connectivity index (χ1v) is 7.62. The summed E-state index contributed by atoms with van der Waals surface area (Å²) in [5.74, 6) is 0. The zero-order valence-electron chi connectivity index (χ0n) is 11.0. The average Bonchev–Trinajstić information content (AvgIpc) is 2.25. The number of aliphatic hydroxyl groups excluding tert-OH is 1. The molecule has 150 valence electrons. The molecular formula is C6H10F8O8S2. The van der Waals surface area contributed by atoms with Gasteiger partial charge in [-0.25, -0.2) is 17.6 Å². The van der Waals surface area contributed by atoms with E-state index in [-0.39, 0.29) is 0 Å². The first-order chi connectivity index (χ1) is 10.1. The van der Waals surface area contributed by atoms with Gasteiger partial charge in [-0.3, -0.25) is 9.11 Å². The topological polar surface area (TPSA) is 149 Å². The Bertz CT molecular complexity index is 506. The monoisotopic (exact) mass is 426 g/mol. The van der Waals surface area contributed by atoms with E-state index in [4.69, 9.17) is 19.3 Å². The highest BCUT2D eigenvalue weighted by Gasteiger charge is 2.54. The van der Waals surface area contributed by atoms with Gasteiger partial charge in [-0.15, -0.1) is 0 Å². The van der Waals surface area contributed by atoms with Crippen LogP contribution in [0.3, 0.4) is 0 Å². The normalized spacial score (nSPS) is 13.3. The second kappa shape index (κ2) is 9.61. The number of rotatable bonds is 4. The van der Waals surface area contributed by atoms with Crippen LogP contribution < -0.4 is 0 Å². The van der Waals surface area contributed by atoms with Crippen LogP contribution in [0.2, 0.25) is 0 Å². The molecule has 0 saturated heterocycles. The van der Waals surface area contributed by atoms with Crippen molar-refractivity contribution in [1.82, 2.24) is 0 Å². The molecule has 0 heterocycles. The molecule has 0 rings (SSSR count). The Balaban J connectivity index is -0.000000301. The molecule has 18 heteroatoms. The van der Waals surface area contributed by atoms with E-state index < -0.39 is 49.9 Å². The Morgan fingerprint density at radius 2 is 0.833 bits per heavy atom. The molecule has 0 amide bonds. The van der Waals surface area contributed by atoms with Crippen LogP contribution in [-0.2, 0) is 20.2 Å². The third-order valence-electron chi connectivity index (χ3n) is 1.20. The molecule has 0 saturated carbocycles. The van der Waals surface area contributed by atoms with E-state index >= 15 is 0 Å². The van der Waals surface area contributed by atoms with Crippen molar-refractivity contribution in [3.63, 3.8) is 0 Å². The highest BCUT2D eigenvalue weighted by atomic mass is 32.2. The minimum Gasteiger partial charge on any atom is -0.368 e. The lowest BCUT2D eigenvalue weighted by molar-refractivity contribution is -0.0687. The Labute approximate surface area is 129 Å². The molecule has 0 aromatic carbocycles. The number of halogens is 8. The Kier molecular flexibility index (Phi) is 11.2. The van der Waals surface area contributed by atoms with E-state index in [1.54, 1.807) is 0 Å². The van der Waals surface area contributed by atoms with Gasteiger partial charge in [0.25, 0.3) is 0 Å².